The fourth-order valence-electron chi connectivity index (χ4n) is 9.79. The molecular formula is C42H24BN3O. The van der Waals surface area contributed by atoms with Gasteiger partial charge in [0.25, 0.3) is 0 Å². The van der Waals surface area contributed by atoms with Crippen LogP contribution in [0.4, 0.5) is 0 Å². The molecule has 5 heteroatoms. The van der Waals surface area contributed by atoms with E-state index in [4.69, 9.17) is 0 Å². The Bertz CT molecular complexity index is 2900. The molecular weight excluding hydrogens is 573 g/mol. The number of para-hydroxylation sites is 3. The van der Waals surface area contributed by atoms with E-state index in [0.717, 1.165) is 33.1 Å². The highest BCUT2D eigenvalue weighted by atomic mass is 16.1. The normalized spacial score (nSPS) is 14.6. The molecule has 3 aromatic heterocycles. The van der Waals surface area contributed by atoms with E-state index in [1.165, 1.54) is 55.5 Å². The van der Waals surface area contributed by atoms with Crippen LogP contribution >= 0.6 is 0 Å². The maximum atomic E-state index is 15.2. The summed E-state index contributed by atoms with van der Waals surface area (Å²) in [6.45, 7) is -0.0437. The molecule has 3 aliphatic rings. The van der Waals surface area contributed by atoms with Crippen LogP contribution in [0.5, 0.6) is 0 Å². The van der Waals surface area contributed by atoms with E-state index >= 15 is 4.79 Å². The van der Waals surface area contributed by atoms with E-state index in [2.05, 4.69) is 144 Å². The van der Waals surface area contributed by atoms with Crippen LogP contribution in [0.15, 0.2) is 150 Å². The number of rotatable bonds is 1. The third kappa shape index (κ3) is 2.49. The largest absolute Gasteiger partial charge is 0.340 e. The molecule has 0 saturated heterocycles. The Morgan fingerprint density at radius 2 is 1.09 bits per heavy atom. The standard InChI is InChI=1S/C42H24BN3O/c47-41-44-34-23-10-6-17-28(34)36-39(44)46-38-32(42(36)30-19-8-4-15-26(30)27-16-5-9-20-31(27)42)21-12-22-33(38)43(25-13-2-1-3-14-25)37-29-18-7-11-24-35(29)45(41)40(37)46/h1-24H. The molecule has 0 unspecified atom stereocenters. The quantitative estimate of drug-likeness (QED) is 0.209. The summed E-state index contributed by atoms with van der Waals surface area (Å²) in [5, 5.41) is 2.23. The molecule has 1 aliphatic carbocycles. The van der Waals surface area contributed by atoms with Gasteiger partial charge in [0, 0.05) is 16.6 Å². The Hall–Kier alpha value is -6.07. The van der Waals surface area contributed by atoms with Crippen molar-refractivity contribution in [2.24, 2.45) is 0 Å². The molecule has 0 fully saturated rings. The van der Waals surface area contributed by atoms with Crippen LogP contribution in [-0.2, 0) is 5.41 Å². The van der Waals surface area contributed by atoms with E-state index < -0.39 is 5.41 Å². The van der Waals surface area contributed by atoms with Crippen LogP contribution < -0.4 is 22.1 Å². The second kappa shape index (κ2) is 8.01. The summed E-state index contributed by atoms with van der Waals surface area (Å²) >= 11 is 0. The van der Waals surface area contributed by atoms with Crippen LogP contribution in [0.1, 0.15) is 22.3 Å². The van der Waals surface area contributed by atoms with Gasteiger partial charge < -0.3 is 0 Å². The number of hydrogen-bond donors (Lipinski definition) is 0. The van der Waals surface area contributed by atoms with Gasteiger partial charge in [0.15, 0.2) is 0 Å². The van der Waals surface area contributed by atoms with Crippen LogP contribution in [0.2, 0.25) is 0 Å². The number of hydrogen-bond acceptors (Lipinski definition) is 1. The zero-order chi connectivity index (χ0) is 30.6. The lowest BCUT2D eigenvalue weighted by molar-refractivity contribution is 0.740. The van der Waals surface area contributed by atoms with Gasteiger partial charge in [0.05, 0.1) is 16.4 Å². The van der Waals surface area contributed by atoms with Crippen molar-refractivity contribution in [3.8, 4) is 16.8 Å². The van der Waals surface area contributed by atoms with Crippen molar-refractivity contribution in [2.45, 2.75) is 5.41 Å². The van der Waals surface area contributed by atoms with Gasteiger partial charge in [-0.3, -0.25) is 4.57 Å². The predicted molar refractivity (Wildman–Crippen MR) is 191 cm³/mol. The third-order valence-electron chi connectivity index (χ3n) is 11.3. The van der Waals surface area contributed by atoms with Crippen molar-refractivity contribution in [1.82, 2.24) is 13.4 Å². The minimum Gasteiger partial charge on any atom is -0.281 e. The topological polar surface area (TPSA) is 30.8 Å². The summed E-state index contributed by atoms with van der Waals surface area (Å²) in [4.78, 5) is 15.2. The van der Waals surface area contributed by atoms with Crippen molar-refractivity contribution in [1.29, 1.82) is 0 Å². The predicted octanol–water partition coefficient (Wildman–Crippen LogP) is 6.16. The number of benzene rings is 6. The lowest BCUT2D eigenvalue weighted by Gasteiger charge is -2.42. The highest BCUT2D eigenvalue weighted by molar-refractivity contribution is 6.99. The molecule has 216 valence electrons. The van der Waals surface area contributed by atoms with Gasteiger partial charge in [0.1, 0.15) is 11.3 Å². The molecule has 0 atom stereocenters. The second-order valence-corrected chi connectivity index (χ2v) is 13.2. The number of nitrogens with zero attached hydrogens (tertiary/aromatic N) is 3. The number of aromatic nitrogens is 3. The lowest BCUT2D eigenvalue weighted by atomic mass is 9.35. The Balaban J connectivity index is 1.45. The van der Waals surface area contributed by atoms with Crippen LogP contribution in [0.3, 0.4) is 0 Å². The first-order chi connectivity index (χ1) is 23.3. The first-order valence-electron chi connectivity index (χ1n) is 16.3. The molecule has 12 rings (SSSR count). The van der Waals surface area contributed by atoms with Gasteiger partial charge in [-0.05, 0) is 56.3 Å². The van der Waals surface area contributed by atoms with Gasteiger partial charge in [-0.2, -0.15) is 0 Å². The highest BCUT2D eigenvalue weighted by Crippen LogP contribution is 2.61. The molecule has 9 aromatic rings. The average Bonchev–Trinajstić information content (AvgIpc) is 3.76. The van der Waals surface area contributed by atoms with Crippen molar-refractivity contribution in [2.75, 3.05) is 0 Å². The van der Waals surface area contributed by atoms with Crippen LogP contribution in [0.25, 0.3) is 49.9 Å². The van der Waals surface area contributed by atoms with E-state index in [-0.39, 0.29) is 12.4 Å². The van der Waals surface area contributed by atoms with Crippen molar-refractivity contribution < 1.29 is 0 Å². The molecule has 47 heavy (non-hydrogen) atoms. The minimum atomic E-state index is -0.609. The molecule has 1 spiro atoms. The summed E-state index contributed by atoms with van der Waals surface area (Å²) < 4.78 is 6.44. The van der Waals surface area contributed by atoms with E-state index in [1.807, 2.05) is 14.9 Å². The zero-order valence-corrected chi connectivity index (χ0v) is 25.2. The van der Waals surface area contributed by atoms with E-state index in [1.54, 1.807) is 0 Å². The van der Waals surface area contributed by atoms with Crippen LogP contribution in [0, 0.1) is 0 Å². The lowest BCUT2D eigenvalue weighted by Crippen LogP contribution is -2.58. The Labute approximate surface area is 269 Å². The molecule has 0 amide bonds. The van der Waals surface area contributed by atoms with Crippen molar-refractivity contribution >= 4 is 56.2 Å². The van der Waals surface area contributed by atoms with Gasteiger partial charge in [0.2, 0.25) is 6.71 Å². The van der Waals surface area contributed by atoms with E-state index in [0.29, 0.717) is 0 Å². The van der Waals surface area contributed by atoms with Crippen molar-refractivity contribution in [3.05, 3.63) is 178 Å². The molecule has 0 N–H and O–H groups in total. The molecule has 0 radical (unpaired) electrons. The molecule has 2 aliphatic heterocycles. The van der Waals surface area contributed by atoms with Gasteiger partial charge in [-0.25, -0.2) is 13.6 Å². The van der Waals surface area contributed by atoms with Crippen LogP contribution in [-0.4, -0.2) is 20.1 Å². The first kappa shape index (κ1) is 24.2. The smallest absolute Gasteiger partial charge is 0.281 e. The molecule has 4 nitrogen and oxygen atoms in total. The molecule has 0 saturated carbocycles. The van der Waals surface area contributed by atoms with Gasteiger partial charge >= 0.3 is 5.69 Å². The summed E-state index contributed by atoms with van der Waals surface area (Å²) in [6.07, 6.45) is 0. The Kier molecular flexibility index (Phi) is 4.13. The first-order valence-corrected chi connectivity index (χ1v) is 16.3. The Morgan fingerprint density at radius 3 is 1.83 bits per heavy atom. The number of fused-ring (bicyclic) bond motifs is 13. The summed E-state index contributed by atoms with van der Waals surface area (Å²) in [5.41, 5.74) is 15.6. The highest BCUT2D eigenvalue weighted by Gasteiger charge is 2.54. The molecule has 5 heterocycles. The molecule has 6 aromatic carbocycles. The summed E-state index contributed by atoms with van der Waals surface area (Å²) in [6, 6.07) is 52.5. The Morgan fingerprint density at radius 1 is 0.511 bits per heavy atom. The zero-order valence-electron chi connectivity index (χ0n) is 25.2. The average molecular weight is 597 g/mol. The second-order valence-electron chi connectivity index (χ2n) is 13.2. The fourth-order valence-corrected chi connectivity index (χ4v) is 9.79. The maximum absolute atomic E-state index is 15.2. The monoisotopic (exact) mass is 597 g/mol. The van der Waals surface area contributed by atoms with Gasteiger partial charge in [-0.15, -0.1) is 0 Å². The SMILES string of the molecule is O=c1n2c3ccccc3c3c2n2c4c(c5ccccc5n14)C1(c4ccccc4-c4ccccc41)c1cccc(c1-2)B3c1ccccc1. The summed E-state index contributed by atoms with van der Waals surface area (Å²) in [7, 11) is 0. The van der Waals surface area contributed by atoms with E-state index in [9.17, 15) is 0 Å². The van der Waals surface area contributed by atoms with Crippen molar-refractivity contribution in [3.63, 3.8) is 0 Å². The fraction of sp³-hybridized carbons (Fsp3) is 0.0238. The maximum Gasteiger partial charge on any atom is 0.340 e. The molecule has 0 bridgehead atoms. The summed E-state index contributed by atoms with van der Waals surface area (Å²) in [5.74, 6) is 0. The van der Waals surface area contributed by atoms with Gasteiger partial charge in [-0.1, -0.05) is 139 Å². The third-order valence-corrected chi connectivity index (χ3v) is 11.3. The minimum absolute atomic E-state index is 0.0273.